The van der Waals surface area contributed by atoms with Crippen LogP contribution in [0.3, 0.4) is 0 Å². The summed E-state index contributed by atoms with van der Waals surface area (Å²) in [6, 6.07) is 0.503. The lowest BCUT2D eigenvalue weighted by Gasteiger charge is -2.51. The molecule has 0 bridgehead atoms. The Balaban J connectivity index is 2.31. The van der Waals surface area contributed by atoms with Gasteiger partial charge in [-0.25, -0.2) is 0 Å². The standard InChI is InChI=1S/C15H33N3O/c1-14(2)11-13(12-15(3,4)18(14)19)17-10-8-6-5-7-9-16/h13,17,19H,5-12,16H2,1-4H3. The zero-order valence-corrected chi connectivity index (χ0v) is 13.2. The lowest BCUT2D eigenvalue weighted by atomic mass is 9.79. The molecule has 0 spiro atoms. The smallest absolute Gasteiger partial charge is 0.0425 e. The van der Waals surface area contributed by atoms with Crippen LogP contribution in [0, 0.1) is 0 Å². The van der Waals surface area contributed by atoms with Crippen molar-refractivity contribution in [1.29, 1.82) is 0 Å². The summed E-state index contributed by atoms with van der Waals surface area (Å²) >= 11 is 0. The second kappa shape index (κ2) is 7.02. The molecule has 4 nitrogen and oxygen atoms in total. The molecule has 0 atom stereocenters. The van der Waals surface area contributed by atoms with Crippen molar-refractivity contribution < 1.29 is 5.21 Å². The van der Waals surface area contributed by atoms with Gasteiger partial charge in [-0.05, 0) is 66.5 Å². The Labute approximate surface area is 118 Å². The molecule has 1 aliphatic heterocycles. The van der Waals surface area contributed by atoms with E-state index in [9.17, 15) is 5.21 Å². The lowest BCUT2D eigenvalue weighted by Crippen LogP contribution is -2.62. The Hall–Kier alpha value is -0.160. The van der Waals surface area contributed by atoms with Gasteiger partial charge in [-0.3, -0.25) is 0 Å². The first-order chi connectivity index (χ1) is 8.79. The van der Waals surface area contributed by atoms with Crippen LogP contribution in [0.15, 0.2) is 0 Å². The number of piperidine rings is 1. The third-order valence-corrected chi connectivity index (χ3v) is 4.20. The molecule has 0 amide bonds. The fraction of sp³-hybridized carbons (Fsp3) is 1.00. The van der Waals surface area contributed by atoms with Crippen LogP contribution in [0.2, 0.25) is 0 Å². The molecule has 0 aromatic rings. The highest BCUT2D eigenvalue weighted by Crippen LogP contribution is 2.36. The van der Waals surface area contributed by atoms with E-state index in [1.54, 1.807) is 5.06 Å². The third-order valence-electron chi connectivity index (χ3n) is 4.20. The van der Waals surface area contributed by atoms with Gasteiger partial charge >= 0.3 is 0 Å². The topological polar surface area (TPSA) is 61.5 Å². The molecule has 1 heterocycles. The SMILES string of the molecule is CC1(C)CC(NCCCCCCN)CC(C)(C)N1O. The minimum atomic E-state index is -0.154. The summed E-state index contributed by atoms with van der Waals surface area (Å²) in [6.45, 7) is 10.3. The fourth-order valence-electron chi connectivity index (χ4n) is 3.34. The second-order valence-electron chi connectivity index (χ2n) is 7.20. The van der Waals surface area contributed by atoms with E-state index >= 15 is 0 Å². The molecule has 0 saturated carbocycles. The minimum absolute atomic E-state index is 0.154. The Morgan fingerprint density at radius 3 is 2.11 bits per heavy atom. The Morgan fingerprint density at radius 1 is 1.05 bits per heavy atom. The molecule has 1 aliphatic rings. The predicted molar refractivity (Wildman–Crippen MR) is 80.3 cm³/mol. The van der Waals surface area contributed by atoms with Crippen LogP contribution < -0.4 is 11.1 Å². The maximum Gasteiger partial charge on any atom is 0.0425 e. The number of nitrogens with one attached hydrogen (secondary N) is 1. The third kappa shape index (κ3) is 5.03. The van der Waals surface area contributed by atoms with Crippen molar-refractivity contribution in [1.82, 2.24) is 10.4 Å². The van der Waals surface area contributed by atoms with E-state index in [1.165, 1.54) is 19.3 Å². The van der Waals surface area contributed by atoms with E-state index in [0.717, 1.165) is 32.4 Å². The summed E-state index contributed by atoms with van der Waals surface area (Å²) in [7, 11) is 0. The number of hydrogen-bond acceptors (Lipinski definition) is 4. The highest BCUT2D eigenvalue weighted by Gasteiger charge is 2.44. The van der Waals surface area contributed by atoms with Gasteiger partial charge in [0.1, 0.15) is 0 Å². The van der Waals surface area contributed by atoms with Crippen LogP contribution >= 0.6 is 0 Å². The van der Waals surface area contributed by atoms with Gasteiger partial charge in [0.25, 0.3) is 0 Å². The maximum absolute atomic E-state index is 10.2. The quantitative estimate of drug-likeness (QED) is 0.623. The Bertz CT molecular complexity index is 248. The summed E-state index contributed by atoms with van der Waals surface area (Å²) in [6.07, 6.45) is 6.86. The van der Waals surface area contributed by atoms with Gasteiger partial charge in [0, 0.05) is 17.1 Å². The van der Waals surface area contributed by atoms with Crippen LogP contribution in [-0.2, 0) is 0 Å². The van der Waals surface area contributed by atoms with Gasteiger partial charge in [-0.15, -0.1) is 0 Å². The molecule has 1 fully saturated rings. The van der Waals surface area contributed by atoms with E-state index in [1.807, 2.05) is 0 Å². The van der Waals surface area contributed by atoms with Gasteiger partial charge in [-0.1, -0.05) is 12.8 Å². The molecule has 0 aromatic carbocycles. The number of nitrogens with zero attached hydrogens (tertiary/aromatic N) is 1. The molecule has 114 valence electrons. The summed E-state index contributed by atoms with van der Waals surface area (Å²) in [5.41, 5.74) is 5.18. The number of nitrogens with two attached hydrogens (primary N) is 1. The van der Waals surface area contributed by atoms with E-state index in [2.05, 4.69) is 33.0 Å². The summed E-state index contributed by atoms with van der Waals surface area (Å²) in [5.74, 6) is 0. The largest absolute Gasteiger partial charge is 0.330 e. The second-order valence-corrected chi connectivity index (χ2v) is 7.20. The van der Waals surface area contributed by atoms with Crippen LogP contribution in [0.5, 0.6) is 0 Å². The van der Waals surface area contributed by atoms with Crippen molar-refractivity contribution in [3.63, 3.8) is 0 Å². The Kier molecular flexibility index (Phi) is 6.24. The van der Waals surface area contributed by atoms with E-state index in [-0.39, 0.29) is 11.1 Å². The van der Waals surface area contributed by atoms with Crippen molar-refractivity contribution in [2.75, 3.05) is 13.1 Å². The van der Waals surface area contributed by atoms with Crippen molar-refractivity contribution in [2.45, 2.75) is 83.3 Å². The van der Waals surface area contributed by atoms with E-state index in [4.69, 9.17) is 5.73 Å². The summed E-state index contributed by atoms with van der Waals surface area (Å²) in [5, 5.41) is 15.4. The van der Waals surface area contributed by atoms with E-state index < -0.39 is 0 Å². The molecular formula is C15H33N3O. The minimum Gasteiger partial charge on any atom is -0.330 e. The molecule has 0 unspecified atom stereocenters. The maximum atomic E-state index is 10.2. The molecule has 1 rings (SSSR count). The zero-order chi connectivity index (χ0) is 14.5. The van der Waals surface area contributed by atoms with Gasteiger partial charge in [-0.2, -0.15) is 5.06 Å². The molecule has 0 aliphatic carbocycles. The normalized spacial score (nSPS) is 23.7. The molecule has 0 aromatic heterocycles. The summed E-state index contributed by atoms with van der Waals surface area (Å²) < 4.78 is 0. The number of hydrogen-bond donors (Lipinski definition) is 3. The highest BCUT2D eigenvalue weighted by atomic mass is 16.5. The molecule has 4 N–H and O–H groups in total. The van der Waals surface area contributed by atoms with Crippen LogP contribution in [0.1, 0.15) is 66.2 Å². The van der Waals surface area contributed by atoms with Crippen molar-refractivity contribution in [3.05, 3.63) is 0 Å². The number of unbranched alkanes of at least 4 members (excludes halogenated alkanes) is 3. The van der Waals surface area contributed by atoms with Gasteiger partial charge in [0.15, 0.2) is 0 Å². The number of hydroxylamine groups is 2. The fourth-order valence-corrected chi connectivity index (χ4v) is 3.34. The first-order valence-corrected chi connectivity index (χ1v) is 7.72. The van der Waals surface area contributed by atoms with Gasteiger partial charge in [0.2, 0.25) is 0 Å². The summed E-state index contributed by atoms with van der Waals surface area (Å²) in [4.78, 5) is 0. The van der Waals surface area contributed by atoms with Gasteiger partial charge in [0.05, 0.1) is 0 Å². The first kappa shape index (κ1) is 16.9. The first-order valence-electron chi connectivity index (χ1n) is 7.72. The van der Waals surface area contributed by atoms with Crippen molar-refractivity contribution >= 4 is 0 Å². The van der Waals surface area contributed by atoms with Crippen LogP contribution in [-0.4, -0.2) is 40.5 Å². The molecular weight excluding hydrogens is 238 g/mol. The molecule has 1 saturated heterocycles. The predicted octanol–water partition coefficient (Wildman–Crippen LogP) is 2.51. The van der Waals surface area contributed by atoms with Crippen LogP contribution in [0.25, 0.3) is 0 Å². The molecule has 0 radical (unpaired) electrons. The van der Waals surface area contributed by atoms with Gasteiger partial charge < -0.3 is 16.3 Å². The highest BCUT2D eigenvalue weighted by molar-refractivity contribution is 4.98. The lowest BCUT2D eigenvalue weighted by molar-refractivity contribution is -0.246. The monoisotopic (exact) mass is 271 g/mol. The van der Waals surface area contributed by atoms with Crippen LogP contribution in [0.4, 0.5) is 0 Å². The molecule has 4 heteroatoms. The zero-order valence-electron chi connectivity index (χ0n) is 13.2. The average Bonchev–Trinajstić information content (AvgIpc) is 2.30. The van der Waals surface area contributed by atoms with Crippen molar-refractivity contribution in [2.24, 2.45) is 5.73 Å². The van der Waals surface area contributed by atoms with Crippen molar-refractivity contribution in [3.8, 4) is 0 Å². The number of rotatable bonds is 7. The molecule has 19 heavy (non-hydrogen) atoms. The Morgan fingerprint density at radius 2 is 1.58 bits per heavy atom. The average molecular weight is 271 g/mol. The van der Waals surface area contributed by atoms with E-state index in [0.29, 0.717) is 6.04 Å².